The lowest BCUT2D eigenvalue weighted by atomic mass is 10.1. The van der Waals surface area contributed by atoms with Gasteiger partial charge in [0.25, 0.3) is 0 Å². The van der Waals surface area contributed by atoms with Crippen molar-refractivity contribution >= 4 is 29.2 Å². The van der Waals surface area contributed by atoms with E-state index in [9.17, 15) is 4.79 Å². The summed E-state index contributed by atoms with van der Waals surface area (Å²) in [4.78, 5) is 10.8. The van der Waals surface area contributed by atoms with E-state index in [0.717, 1.165) is 5.56 Å². The van der Waals surface area contributed by atoms with Crippen LogP contribution in [0, 0.1) is 0 Å². The van der Waals surface area contributed by atoms with Gasteiger partial charge in [-0.15, -0.1) is 0 Å². The van der Waals surface area contributed by atoms with Gasteiger partial charge < -0.3 is 15.6 Å². The van der Waals surface area contributed by atoms with Gasteiger partial charge in [0.2, 0.25) is 0 Å². The Morgan fingerprint density at radius 1 is 1.14 bits per heavy atom. The highest BCUT2D eigenvalue weighted by Gasteiger charge is 2.12. The summed E-state index contributed by atoms with van der Waals surface area (Å²) in [5, 5.41) is 9.67. The van der Waals surface area contributed by atoms with Crippen molar-refractivity contribution in [1.82, 2.24) is 0 Å². The third-order valence-corrected chi connectivity index (χ3v) is 3.54. The number of carboxylic acid groups (broad SMARTS) is 1. The molecule has 0 aliphatic rings. The number of ether oxygens (including phenoxy) is 1. The molecule has 0 heterocycles. The molecule has 3 N–H and O–H groups in total. The van der Waals surface area contributed by atoms with Gasteiger partial charge in [-0.05, 0) is 36.2 Å². The Balaban J connectivity index is 2.13. The van der Waals surface area contributed by atoms with Gasteiger partial charge in [0, 0.05) is 6.07 Å². The van der Waals surface area contributed by atoms with Crippen LogP contribution >= 0.6 is 23.2 Å². The molecule has 1 unspecified atom stereocenters. The van der Waals surface area contributed by atoms with Crippen LogP contribution < -0.4 is 10.5 Å². The van der Waals surface area contributed by atoms with Gasteiger partial charge in [0.05, 0.1) is 10.0 Å². The first-order chi connectivity index (χ1) is 9.95. The number of carboxylic acids is 1. The highest BCUT2D eigenvalue weighted by molar-refractivity contribution is 6.42. The lowest BCUT2D eigenvalue weighted by Crippen LogP contribution is -2.32. The van der Waals surface area contributed by atoms with E-state index < -0.39 is 12.0 Å². The Labute approximate surface area is 132 Å². The van der Waals surface area contributed by atoms with Crippen molar-refractivity contribution in [3.8, 4) is 11.5 Å². The lowest BCUT2D eigenvalue weighted by molar-refractivity contribution is -0.138. The quantitative estimate of drug-likeness (QED) is 0.878. The molecule has 0 aromatic heterocycles. The molecular weight excluding hydrogens is 313 g/mol. The third-order valence-electron chi connectivity index (χ3n) is 2.80. The molecule has 110 valence electrons. The monoisotopic (exact) mass is 325 g/mol. The molecule has 2 aromatic carbocycles. The minimum atomic E-state index is -1.04. The summed E-state index contributed by atoms with van der Waals surface area (Å²) in [6.07, 6.45) is 0.230. The van der Waals surface area contributed by atoms with Crippen LogP contribution in [0.3, 0.4) is 0 Å². The minimum Gasteiger partial charge on any atom is -0.480 e. The molecule has 2 aromatic rings. The number of hydrogen-bond donors (Lipinski definition) is 2. The molecule has 0 spiro atoms. The molecule has 21 heavy (non-hydrogen) atoms. The second kappa shape index (κ2) is 6.80. The van der Waals surface area contributed by atoms with E-state index in [1.807, 2.05) is 0 Å². The van der Waals surface area contributed by atoms with Crippen LogP contribution in [0.1, 0.15) is 5.56 Å². The predicted octanol–water partition coefficient (Wildman–Crippen LogP) is 3.74. The number of hydrogen-bond acceptors (Lipinski definition) is 3. The van der Waals surface area contributed by atoms with E-state index in [1.165, 1.54) is 0 Å². The van der Waals surface area contributed by atoms with Crippen LogP contribution in [0.4, 0.5) is 0 Å². The highest BCUT2D eigenvalue weighted by atomic mass is 35.5. The number of rotatable bonds is 5. The Kier molecular flexibility index (Phi) is 5.07. The molecule has 6 heteroatoms. The molecule has 0 saturated carbocycles. The molecule has 4 nitrogen and oxygen atoms in total. The van der Waals surface area contributed by atoms with E-state index in [2.05, 4.69) is 0 Å². The Morgan fingerprint density at radius 3 is 2.52 bits per heavy atom. The summed E-state index contributed by atoms with van der Waals surface area (Å²) in [5.74, 6) is 0.0818. The van der Waals surface area contributed by atoms with Gasteiger partial charge in [-0.25, -0.2) is 0 Å². The fourth-order valence-electron chi connectivity index (χ4n) is 1.75. The second-order valence-corrected chi connectivity index (χ2v) is 5.29. The molecule has 0 bridgehead atoms. The average molecular weight is 326 g/mol. The molecular formula is C15H13Cl2NO3. The van der Waals surface area contributed by atoms with Gasteiger partial charge in [-0.2, -0.15) is 0 Å². The topological polar surface area (TPSA) is 72.5 Å². The predicted molar refractivity (Wildman–Crippen MR) is 82.3 cm³/mol. The van der Waals surface area contributed by atoms with Gasteiger partial charge in [0.1, 0.15) is 17.5 Å². The summed E-state index contributed by atoms with van der Waals surface area (Å²) < 4.78 is 5.67. The van der Waals surface area contributed by atoms with Crippen LogP contribution in [0.5, 0.6) is 11.5 Å². The molecule has 0 saturated heterocycles. The summed E-state index contributed by atoms with van der Waals surface area (Å²) >= 11 is 11.8. The number of halogens is 2. The molecule has 0 amide bonds. The molecule has 0 radical (unpaired) electrons. The normalized spacial score (nSPS) is 12.0. The van der Waals surface area contributed by atoms with Crippen molar-refractivity contribution in [2.75, 3.05) is 0 Å². The van der Waals surface area contributed by atoms with Gasteiger partial charge in [-0.1, -0.05) is 35.3 Å². The zero-order chi connectivity index (χ0) is 15.4. The number of aliphatic carboxylic acids is 1. The third kappa shape index (κ3) is 4.36. The Morgan fingerprint density at radius 2 is 1.86 bits per heavy atom. The van der Waals surface area contributed by atoms with E-state index in [0.29, 0.717) is 21.5 Å². The van der Waals surface area contributed by atoms with Crippen LogP contribution in [0.15, 0.2) is 42.5 Å². The first-order valence-corrected chi connectivity index (χ1v) is 6.91. The van der Waals surface area contributed by atoms with Crippen LogP contribution in [-0.2, 0) is 11.2 Å². The van der Waals surface area contributed by atoms with Crippen molar-refractivity contribution in [3.05, 3.63) is 58.1 Å². The van der Waals surface area contributed by atoms with Crippen LogP contribution in [0.25, 0.3) is 0 Å². The minimum absolute atomic E-state index is 0.230. The summed E-state index contributed by atoms with van der Waals surface area (Å²) in [6, 6.07) is 11.1. The van der Waals surface area contributed by atoms with Crippen LogP contribution in [0.2, 0.25) is 10.0 Å². The molecule has 2 rings (SSSR count). The maximum atomic E-state index is 10.8. The fourth-order valence-corrected chi connectivity index (χ4v) is 2.04. The molecule has 0 fully saturated rings. The smallest absolute Gasteiger partial charge is 0.320 e. The lowest BCUT2D eigenvalue weighted by Gasteiger charge is -2.10. The standard InChI is InChI=1S/C15H13Cl2NO3/c16-12-5-4-11(8-13(12)17)21-10-3-1-2-9(6-10)7-14(18)15(19)20/h1-6,8,14H,7,18H2,(H,19,20). The molecule has 0 aliphatic carbocycles. The number of nitrogens with two attached hydrogens (primary N) is 1. The molecule has 1 atom stereocenters. The van der Waals surface area contributed by atoms with E-state index >= 15 is 0 Å². The van der Waals surface area contributed by atoms with Gasteiger partial charge >= 0.3 is 5.97 Å². The van der Waals surface area contributed by atoms with Crippen LogP contribution in [-0.4, -0.2) is 17.1 Å². The summed E-state index contributed by atoms with van der Waals surface area (Å²) in [5.41, 5.74) is 6.30. The van der Waals surface area contributed by atoms with Gasteiger partial charge in [-0.3, -0.25) is 4.79 Å². The van der Waals surface area contributed by atoms with Crippen molar-refractivity contribution in [2.24, 2.45) is 5.73 Å². The van der Waals surface area contributed by atoms with Crippen molar-refractivity contribution in [2.45, 2.75) is 12.5 Å². The Hall–Kier alpha value is -1.75. The maximum Gasteiger partial charge on any atom is 0.320 e. The summed E-state index contributed by atoms with van der Waals surface area (Å²) in [6.45, 7) is 0. The fraction of sp³-hybridized carbons (Fsp3) is 0.133. The average Bonchev–Trinajstić information content (AvgIpc) is 2.43. The SMILES string of the molecule is NC(Cc1cccc(Oc2ccc(Cl)c(Cl)c2)c1)C(=O)O. The highest BCUT2D eigenvalue weighted by Crippen LogP contribution is 2.29. The van der Waals surface area contributed by atoms with Crippen molar-refractivity contribution in [3.63, 3.8) is 0 Å². The molecule has 0 aliphatic heterocycles. The maximum absolute atomic E-state index is 10.8. The number of benzene rings is 2. The zero-order valence-corrected chi connectivity index (χ0v) is 12.4. The largest absolute Gasteiger partial charge is 0.480 e. The summed E-state index contributed by atoms with van der Waals surface area (Å²) in [7, 11) is 0. The Bertz CT molecular complexity index is 661. The first kappa shape index (κ1) is 15.6. The number of carbonyl (C=O) groups is 1. The van der Waals surface area contributed by atoms with E-state index in [1.54, 1.807) is 42.5 Å². The van der Waals surface area contributed by atoms with E-state index in [-0.39, 0.29) is 6.42 Å². The van der Waals surface area contributed by atoms with Crippen molar-refractivity contribution < 1.29 is 14.6 Å². The van der Waals surface area contributed by atoms with E-state index in [4.69, 9.17) is 38.8 Å². The van der Waals surface area contributed by atoms with Gasteiger partial charge in [0.15, 0.2) is 0 Å². The zero-order valence-electron chi connectivity index (χ0n) is 10.9. The van der Waals surface area contributed by atoms with Crippen molar-refractivity contribution in [1.29, 1.82) is 0 Å². The first-order valence-electron chi connectivity index (χ1n) is 6.16. The second-order valence-electron chi connectivity index (χ2n) is 4.47.